The Bertz CT molecular complexity index is 978. The Kier molecular flexibility index (Phi) is 4.93. The van der Waals surface area contributed by atoms with Crippen LogP contribution in [0.1, 0.15) is 16.1 Å². The molecule has 0 fully saturated rings. The first kappa shape index (κ1) is 17.3. The number of carbonyl (C=O) groups is 1. The molecule has 0 aliphatic rings. The molecule has 1 N–H and O–H groups in total. The summed E-state index contributed by atoms with van der Waals surface area (Å²) >= 11 is 11.7. The molecule has 1 heterocycles. The second-order valence-electron chi connectivity index (χ2n) is 5.50. The number of nitrogens with zero attached hydrogens (tertiary/aromatic N) is 1. The normalized spacial score (nSPS) is 10.5. The van der Waals surface area contributed by atoms with Gasteiger partial charge in [0.05, 0.1) is 0 Å². The summed E-state index contributed by atoms with van der Waals surface area (Å²) < 4.78 is 1.77. The molecule has 0 spiro atoms. The lowest BCUT2D eigenvalue weighted by Gasteiger charge is -2.13. The minimum atomic E-state index is -0.477. The van der Waals surface area contributed by atoms with Crippen molar-refractivity contribution in [3.8, 4) is 5.69 Å². The van der Waals surface area contributed by atoms with E-state index < -0.39 is 5.91 Å². The van der Waals surface area contributed by atoms with Crippen LogP contribution in [0.5, 0.6) is 0 Å². The van der Waals surface area contributed by atoms with E-state index in [1.807, 2.05) is 12.1 Å². The molecule has 0 radical (unpaired) electrons. The Morgan fingerprint density at radius 3 is 2.12 bits per heavy atom. The van der Waals surface area contributed by atoms with E-state index in [-0.39, 0.29) is 11.0 Å². The van der Waals surface area contributed by atoms with Gasteiger partial charge in [0.25, 0.3) is 5.91 Å². The van der Waals surface area contributed by atoms with Gasteiger partial charge in [-0.15, -0.1) is 0 Å². The highest BCUT2D eigenvalue weighted by atomic mass is 35.5. The van der Waals surface area contributed by atoms with Crippen molar-refractivity contribution in [3.05, 3.63) is 92.3 Å². The molecule has 1 amide bonds. The third kappa shape index (κ3) is 3.92. The molecular weight excluding hydrogens is 359 g/mol. The number of aryl methyl sites for hydroxylation is 1. The van der Waals surface area contributed by atoms with E-state index in [4.69, 9.17) is 23.2 Å². The lowest BCUT2D eigenvalue weighted by molar-refractivity contribution is 0.102. The number of amides is 1. The van der Waals surface area contributed by atoms with Crippen molar-refractivity contribution in [2.75, 3.05) is 5.32 Å². The van der Waals surface area contributed by atoms with E-state index in [9.17, 15) is 9.59 Å². The first-order valence-electron chi connectivity index (χ1n) is 7.50. The molecule has 0 saturated carbocycles. The Balaban J connectivity index is 1.97. The Morgan fingerprint density at radius 1 is 0.960 bits per heavy atom. The molecule has 6 heteroatoms. The summed E-state index contributed by atoms with van der Waals surface area (Å²) in [6.45, 7) is 1.80. The molecule has 0 aliphatic heterocycles. The van der Waals surface area contributed by atoms with Crippen LogP contribution in [-0.4, -0.2) is 10.5 Å². The van der Waals surface area contributed by atoms with Crippen LogP contribution in [0.3, 0.4) is 0 Å². The summed E-state index contributed by atoms with van der Waals surface area (Å²) in [6.07, 6.45) is 1.53. The van der Waals surface area contributed by atoms with E-state index in [0.717, 1.165) is 11.4 Å². The lowest BCUT2D eigenvalue weighted by Crippen LogP contribution is -2.23. The van der Waals surface area contributed by atoms with Crippen LogP contribution in [0.25, 0.3) is 5.69 Å². The first-order valence-corrected chi connectivity index (χ1v) is 8.26. The van der Waals surface area contributed by atoms with Gasteiger partial charge >= 0.3 is 0 Å². The number of hydrogen-bond donors (Lipinski definition) is 1. The van der Waals surface area contributed by atoms with Crippen LogP contribution in [0.4, 0.5) is 5.69 Å². The molecular formula is C19H14Cl2N2O2. The summed E-state index contributed by atoms with van der Waals surface area (Å²) in [5, 5.41) is 3.88. The zero-order chi connectivity index (χ0) is 18.0. The Hall–Kier alpha value is -2.56. The SMILES string of the molecule is Cc1cc(=O)c(C(=O)Nc2ccc(Cl)cc2)cn1-c1ccc(Cl)cc1. The molecule has 0 bridgehead atoms. The maximum Gasteiger partial charge on any atom is 0.261 e. The van der Waals surface area contributed by atoms with Gasteiger partial charge < -0.3 is 9.88 Å². The first-order chi connectivity index (χ1) is 11.9. The molecule has 2 aromatic carbocycles. The maximum atomic E-state index is 12.5. The van der Waals surface area contributed by atoms with Crippen LogP contribution < -0.4 is 10.7 Å². The fourth-order valence-corrected chi connectivity index (χ4v) is 2.67. The fourth-order valence-electron chi connectivity index (χ4n) is 2.41. The van der Waals surface area contributed by atoms with Crippen molar-refractivity contribution in [2.24, 2.45) is 0 Å². The highest BCUT2D eigenvalue weighted by Gasteiger charge is 2.13. The van der Waals surface area contributed by atoms with Crippen LogP contribution in [0, 0.1) is 6.92 Å². The topological polar surface area (TPSA) is 51.1 Å². The van der Waals surface area contributed by atoms with Crippen molar-refractivity contribution < 1.29 is 4.79 Å². The second kappa shape index (κ2) is 7.13. The van der Waals surface area contributed by atoms with E-state index in [2.05, 4.69) is 5.32 Å². The minimum absolute atomic E-state index is 0.0514. The van der Waals surface area contributed by atoms with E-state index in [1.54, 1.807) is 47.9 Å². The Labute approximate surface area is 154 Å². The number of carbonyl (C=O) groups excluding carboxylic acids is 1. The predicted octanol–water partition coefficient (Wildman–Crippen LogP) is 4.71. The van der Waals surface area contributed by atoms with Crippen molar-refractivity contribution in [3.63, 3.8) is 0 Å². The second-order valence-corrected chi connectivity index (χ2v) is 6.37. The summed E-state index contributed by atoms with van der Waals surface area (Å²) in [5.74, 6) is -0.477. The highest BCUT2D eigenvalue weighted by Crippen LogP contribution is 2.17. The predicted molar refractivity (Wildman–Crippen MR) is 101 cm³/mol. The van der Waals surface area contributed by atoms with Gasteiger partial charge in [0.15, 0.2) is 5.43 Å². The molecule has 3 rings (SSSR count). The maximum absolute atomic E-state index is 12.5. The number of pyridine rings is 1. The summed E-state index contributed by atoms with van der Waals surface area (Å²) in [4.78, 5) is 24.7. The zero-order valence-electron chi connectivity index (χ0n) is 13.3. The van der Waals surface area contributed by atoms with Gasteiger partial charge in [-0.1, -0.05) is 23.2 Å². The van der Waals surface area contributed by atoms with Crippen molar-refractivity contribution in [1.82, 2.24) is 4.57 Å². The average Bonchev–Trinajstić information content (AvgIpc) is 2.58. The monoisotopic (exact) mass is 372 g/mol. The Morgan fingerprint density at radius 2 is 1.52 bits per heavy atom. The summed E-state index contributed by atoms with van der Waals surface area (Å²) in [5.41, 5.74) is 1.80. The lowest BCUT2D eigenvalue weighted by atomic mass is 10.2. The van der Waals surface area contributed by atoms with Crippen LogP contribution in [0.2, 0.25) is 10.0 Å². The van der Waals surface area contributed by atoms with Gasteiger partial charge in [-0.2, -0.15) is 0 Å². The smallest absolute Gasteiger partial charge is 0.261 e. The number of aromatic nitrogens is 1. The molecule has 0 unspecified atom stereocenters. The van der Waals surface area contributed by atoms with Crippen LogP contribution >= 0.6 is 23.2 Å². The number of hydrogen-bond acceptors (Lipinski definition) is 2. The molecule has 0 atom stereocenters. The van der Waals surface area contributed by atoms with Gasteiger partial charge in [0.2, 0.25) is 0 Å². The van der Waals surface area contributed by atoms with Gasteiger partial charge in [-0.3, -0.25) is 9.59 Å². The van der Waals surface area contributed by atoms with Crippen LogP contribution in [0.15, 0.2) is 65.6 Å². The zero-order valence-corrected chi connectivity index (χ0v) is 14.8. The molecule has 0 aliphatic carbocycles. The van der Waals surface area contributed by atoms with Gasteiger partial charge in [-0.25, -0.2) is 0 Å². The van der Waals surface area contributed by atoms with Gasteiger partial charge in [0.1, 0.15) is 5.56 Å². The molecule has 1 aromatic heterocycles. The third-order valence-electron chi connectivity index (χ3n) is 3.70. The highest BCUT2D eigenvalue weighted by molar-refractivity contribution is 6.30. The molecule has 126 valence electrons. The van der Waals surface area contributed by atoms with E-state index in [0.29, 0.717) is 15.7 Å². The summed E-state index contributed by atoms with van der Waals surface area (Å²) in [7, 11) is 0. The number of nitrogens with one attached hydrogen (secondary N) is 1. The summed E-state index contributed by atoms with van der Waals surface area (Å²) in [6, 6.07) is 15.3. The largest absolute Gasteiger partial charge is 0.322 e. The third-order valence-corrected chi connectivity index (χ3v) is 4.20. The fraction of sp³-hybridized carbons (Fsp3) is 0.0526. The van der Waals surface area contributed by atoms with Gasteiger partial charge in [-0.05, 0) is 55.5 Å². The number of anilines is 1. The average molecular weight is 373 g/mol. The molecule has 4 nitrogen and oxygen atoms in total. The van der Waals surface area contributed by atoms with Crippen molar-refractivity contribution in [2.45, 2.75) is 6.92 Å². The van der Waals surface area contributed by atoms with Gasteiger partial charge in [0, 0.05) is 39.4 Å². The van der Waals surface area contributed by atoms with Crippen molar-refractivity contribution in [1.29, 1.82) is 0 Å². The molecule has 25 heavy (non-hydrogen) atoms. The number of rotatable bonds is 3. The molecule has 0 saturated heterocycles. The minimum Gasteiger partial charge on any atom is -0.322 e. The standard InChI is InChI=1S/C19H14Cl2N2O2/c1-12-10-18(24)17(11-23(12)16-8-4-14(21)5-9-16)19(25)22-15-6-2-13(20)3-7-15/h2-11H,1H3,(H,22,25). The number of benzene rings is 2. The van der Waals surface area contributed by atoms with Crippen molar-refractivity contribution >= 4 is 34.8 Å². The van der Waals surface area contributed by atoms with E-state index >= 15 is 0 Å². The quantitative estimate of drug-likeness (QED) is 0.723. The van der Waals surface area contributed by atoms with Crippen LogP contribution in [-0.2, 0) is 0 Å². The van der Waals surface area contributed by atoms with E-state index in [1.165, 1.54) is 12.3 Å². The number of halogens is 2. The molecule has 3 aromatic rings.